The molecule has 0 aliphatic carbocycles. The van der Waals surface area contributed by atoms with Crippen molar-refractivity contribution in [1.29, 1.82) is 0 Å². The predicted molar refractivity (Wildman–Crippen MR) is 77.5 cm³/mol. The highest BCUT2D eigenvalue weighted by molar-refractivity contribution is 5.66. The van der Waals surface area contributed by atoms with E-state index in [-0.39, 0.29) is 12.1 Å². The fraction of sp³-hybridized carbons (Fsp3) is 0.688. The fourth-order valence-corrected chi connectivity index (χ4v) is 1.88. The van der Waals surface area contributed by atoms with Crippen molar-refractivity contribution in [3.8, 4) is 0 Å². The highest BCUT2D eigenvalue weighted by atomic mass is 16.5. The van der Waals surface area contributed by atoms with Crippen LogP contribution in [0.15, 0.2) is 24.8 Å². The molecule has 0 radical (unpaired) electrons. The maximum atomic E-state index is 10.7. The van der Waals surface area contributed by atoms with Crippen LogP contribution in [-0.4, -0.2) is 12.1 Å². The second kappa shape index (κ2) is 12.4. The second-order valence-corrected chi connectivity index (χ2v) is 4.76. The van der Waals surface area contributed by atoms with Crippen molar-refractivity contribution in [3.05, 3.63) is 24.8 Å². The number of ether oxygens (including phenoxy) is 1. The van der Waals surface area contributed by atoms with Crippen LogP contribution in [0, 0.1) is 0 Å². The molecule has 1 atom stereocenters. The van der Waals surface area contributed by atoms with Gasteiger partial charge in [-0.1, -0.05) is 37.5 Å². The third kappa shape index (κ3) is 13.0. The van der Waals surface area contributed by atoms with Gasteiger partial charge in [-0.05, 0) is 39.0 Å². The number of unbranched alkanes of at least 4 members (excludes halogenated alkanes) is 5. The zero-order valence-electron chi connectivity index (χ0n) is 12.0. The SMILES string of the molecule is C=CCC=CCCCCCCCC(C)OC(C)=O. The number of hydrogen-bond donors (Lipinski definition) is 0. The molecule has 2 heteroatoms. The Labute approximate surface area is 112 Å². The first-order chi connectivity index (χ1) is 8.66. The van der Waals surface area contributed by atoms with Crippen LogP contribution in [0.1, 0.15) is 65.2 Å². The molecule has 0 aromatic rings. The van der Waals surface area contributed by atoms with Crippen LogP contribution in [0.4, 0.5) is 0 Å². The topological polar surface area (TPSA) is 26.3 Å². The van der Waals surface area contributed by atoms with Crippen LogP contribution in [0.3, 0.4) is 0 Å². The molecule has 0 saturated heterocycles. The molecule has 0 rings (SSSR count). The summed E-state index contributed by atoms with van der Waals surface area (Å²) in [5.74, 6) is -0.172. The van der Waals surface area contributed by atoms with Gasteiger partial charge in [-0.15, -0.1) is 6.58 Å². The zero-order valence-corrected chi connectivity index (χ0v) is 12.0. The fourth-order valence-electron chi connectivity index (χ4n) is 1.88. The Hall–Kier alpha value is -1.05. The molecule has 1 unspecified atom stereocenters. The zero-order chi connectivity index (χ0) is 13.6. The van der Waals surface area contributed by atoms with Crippen LogP contribution in [0.5, 0.6) is 0 Å². The first-order valence-corrected chi connectivity index (χ1v) is 7.10. The van der Waals surface area contributed by atoms with Crippen molar-refractivity contribution < 1.29 is 9.53 Å². The first kappa shape index (κ1) is 16.9. The maximum absolute atomic E-state index is 10.7. The summed E-state index contributed by atoms with van der Waals surface area (Å²) >= 11 is 0. The van der Waals surface area contributed by atoms with Crippen molar-refractivity contribution in [2.45, 2.75) is 71.3 Å². The van der Waals surface area contributed by atoms with E-state index in [0.717, 1.165) is 19.3 Å². The Morgan fingerprint density at radius 1 is 1.17 bits per heavy atom. The molecule has 0 aromatic heterocycles. The predicted octanol–water partition coefficient (Wildman–Crippen LogP) is 4.80. The summed E-state index contributed by atoms with van der Waals surface area (Å²) in [5.41, 5.74) is 0. The van der Waals surface area contributed by atoms with Crippen molar-refractivity contribution in [1.82, 2.24) is 0 Å². The molecule has 0 amide bonds. The van der Waals surface area contributed by atoms with E-state index in [1.807, 2.05) is 13.0 Å². The average Bonchev–Trinajstić information content (AvgIpc) is 2.30. The number of rotatable bonds is 11. The van der Waals surface area contributed by atoms with Crippen LogP contribution in [0.2, 0.25) is 0 Å². The molecule has 104 valence electrons. The molecule has 18 heavy (non-hydrogen) atoms. The van der Waals surface area contributed by atoms with Gasteiger partial charge in [0.1, 0.15) is 0 Å². The van der Waals surface area contributed by atoms with E-state index < -0.39 is 0 Å². The van der Waals surface area contributed by atoms with Gasteiger partial charge < -0.3 is 4.74 Å². The Morgan fingerprint density at radius 3 is 2.50 bits per heavy atom. The molecule has 0 bridgehead atoms. The van der Waals surface area contributed by atoms with Crippen molar-refractivity contribution in [3.63, 3.8) is 0 Å². The molecule has 0 aliphatic rings. The average molecular weight is 252 g/mol. The Bertz CT molecular complexity index is 243. The van der Waals surface area contributed by atoms with E-state index in [1.165, 1.54) is 39.0 Å². The summed E-state index contributed by atoms with van der Waals surface area (Å²) in [6, 6.07) is 0. The van der Waals surface area contributed by atoms with Gasteiger partial charge in [0, 0.05) is 6.92 Å². The lowest BCUT2D eigenvalue weighted by Gasteiger charge is -2.10. The summed E-state index contributed by atoms with van der Waals surface area (Å²) in [6.07, 6.45) is 15.8. The number of allylic oxidation sites excluding steroid dienone is 3. The molecule has 0 spiro atoms. The largest absolute Gasteiger partial charge is 0.463 e. The number of carbonyl (C=O) groups is 1. The molecule has 0 fully saturated rings. The normalized spacial score (nSPS) is 12.6. The van der Waals surface area contributed by atoms with E-state index in [0.29, 0.717) is 0 Å². The van der Waals surface area contributed by atoms with Gasteiger partial charge in [0.15, 0.2) is 0 Å². The van der Waals surface area contributed by atoms with E-state index >= 15 is 0 Å². The van der Waals surface area contributed by atoms with Crippen molar-refractivity contribution in [2.24, 2.45) is 0 Å². The van der Waals surface area contributed by atoms with Gasteiger partial charge in [0.2, 0.25) is 0 Å². The number of esters is 1. The Kier molecular flexibility index (Phi) is 11.7. The summed E-state index contributed by atoms with van der Waals surface area (Å²) < 4.78 is 5.08. The summed E-state index contributed by atoms with van der Waals surface area (Å²) in [7, 11) is 0. The number of carbonyl (C=O) groups excluding carboxylic acids is 1. The Balaban J connectivity index is 3.20. The quantitative estimate of drug-likeness (QED) is 0.300. The van der Waals surface area contributed by atoms with Gasteiger partial charge in [-0.2, -0.15) is 0 Å². The second-order valence-electron chi connectivity index (χ2n) is 4.76. The minimum Gasteiger partial charge on any atom is -0.463 e. The lowest BCUT2D eigenvalue weighted by Crippen LogP contribution is -2.11. The monoisotopic (exact) mass is 252 g/mol. The summed E-state index contributed by atoms with van der Waals surface area (Å²) in [5, 5.41) is 0. The number of hydrogen-bond acceptors (Lipinski definition) is 2. The van der Waals surface area contributed by atoms with Gasteiger partial charge >= 0.3 is 5.97 Å². The molecule has 0 saturated carbocycles. The van der Waals surface area contributed by atoms with Crippen LogP contribution in [-0.2, 0) is 9.53 Å². The first-order valence-electron chi connectivity index (χ1n) is 7.10. The highest BCUT2D eigenvalue weighted by Crippen LogP contribution is 2.10. The molecule has 0 heterocycles. The Morgan fingerprint density at radius 2 is 1.83 bits per heavy atom. The lowest BCUT2D eigenvalue weighted by molar-refractivity contribution is -0.145. The van der Waals surface area contributed by atoms with E-state index in [2.05, 4.69) is 18.7 Å². The minimum absolute atomic E-state index is 0.0735. The van der Waals surface area contributed by atoms with Crippen LogP contribution < -0.4 is 0 Å². The summed E-state index contributed by atoms with van der Waals surface area (Å²) in [6.45, 7) is 7.11. The van der Waals surface area contributed by atoms with Crippen LogP contribution in [0.25, 0.3) is 0 Å². The summed E-state index contributed by atoms with van der Waals surface area (Å²) in [4.78, 5) is 10.7. The molecule has 0 aliphatic heterocycles. The molecule has 0 aromatic carbocycles. The molecule has 0 N–H and O–H groups in total. The maximum Gasteiger partial charge on any atom is 0.302 e. The van der Waals surface area contributed by atoms with Gasteiger partial charge in [0.05, 0.1) is 6.10 Å². The third-order valence-electron chi connectivity index (χ3n) is 2.82. The van der Waals surface area contributed by atoms with Gasteiger partial charge in [0.25, 0.3) is 0 Å². The molecule has 2 nitrogen and oxygen atoms in total. The van der Waals surface area contributed by atoms with Crippen molar-refractivity contribution >= 4 is 5.97 Å². The van der Waals surface area contributed by atoms with E-state index in [9.17, 15) is 4.79 Å². The van der Waals surface area contributed by atoms with Crippen molar-refractivity contribution in [2.75, 3.05) is 0 Å². The molecular weight excluding hydrogens is 224 g/mol. The van der Waals surface area contributed by atoms with Crippen LogP contribution >= 0.6 is 0 Å². The minimum atomic E-state index is -0.172. The highest BCUT2D eigenvalue weighted by Gasteiger charge is 2.04. The standard InChI is InChI=1S/C16H28O2/c1-4-5-6-7-8-9-10-11-12-13-14-15(2)18-16(3)17/h4,6-7,15H,1,5,8-14H2,2-3H3. The van der Waals surface area contributed by atoms with Gasteiger partial charge in [-0.25, -0.2) is 0 Å². The van der Waals surface area contributed by atoms with E-state index in [1.54, 1.807) is 0 Å². The third-order valence-corrected chi connectivity index (χ3v) is 2.82. The van der Waals surface area contributed by atoms with Gasteiger partial charge in [-0.3, -0.25) is 4.79 Å². The van der Waals surface area contributed by atoms with E-state index in [4.69, 9.17) is 4.74 Å². The smallest absolute Gasteiger partial charge is 0.302 e. The lowest BCUT2D eigenvalue weighted by atomic mass is 10.1. The molecular formula is C16H28O2.